The first-order valence-corrected chi connectivity index (χ1v) is 7.20. The highest BCUT2D eigenvalue weighted by Crippen LogP contribution is 2.13. The third-order valence-electron chi connectivity index (χ3n) is 3.32. The summed E-state index contributed by atoms with van der Waals surface area (Å²) in [6, 6.07) is 6.76. The summed E-state index contributed by atoms with van der Waals surface area (Å²) in [4.78, 5) is 25.4. The molecule has 1 N–H and O–H groups in total. The van der Waals surface area contributed by atoms with Gasteiger partial charge in [0.1, 0.15) is 6.33 Å². The van der Waals surface area contributed by atoms with Crippen LogP contribution in [0.5, 0.6) is 0 Å². The van der Waals surface area contributed by atoms with E-state index < -0.39 is 0 Å². The number of rotatable bonds is 6. The molecule has 2 aromatic rings. The highest BCUT2D eigenvalue weighted by molar-refractivity contribution is 6.00. The first-order chi connectivity index (χ1) is 11.0. The number of amides is 2. The summed E-state index contributed by atoms with van der Waals surface area (Å²) in [5, 5.41) is 10.5. The van der Waals surface area contributed by atoms with Gasteiger partial charge in [-0.1, -0.05) is 12.6 Å². The van der Waals surface area contributed by atoms with Crippen LogP contribution in [0, 0.1) is 0 Å². The van der Waals surface area contributed by atoms with Gasteiger partial charge in [-0.05, 0) is 31.2 Å². The topological polar surface area (TPSA) is 80.1 Å². The molecular formula is C16H19N5O2. The fourth-order valence-electron chi connectivity index (χ4n) is 2.09. The van der Waals surface area contributed by atoms with Gasteiger partial charge in [0, 0.05) is 24.8 Å². The molecule has 1 heterocycles. The third-order valence-corrected chi connectivity index (χ3v) is 3.32. The van der Waals surface area contributed by atoms with Crippen LogP contribution in [0.3, 0.4) is 0 Å². The Kier molecular flexibility index (Phi) is 5.24. The zero-order valence-electron chi connectivity index (χ0n) is 13.2. The molecule has 0 aliphatic rings. The lowest BCUT2D eigenvalue weighted by Crippen LogP contribution is -2.27. The zero-order chi connectivity index (χ0) is 16.8. The second kappa shape index (κ2) is 7.35. The van der Waals surface area contributed by atoms with Crippen LogP contribution in [-0.4, -0.2) is 38.5 Å². The molecule has 0 bridgehead atoms. The van der Waals surface area contributed by atoms with E-state index in [1.165, 1.54) is 6.08 Å². The fraction of sp³-hybridized carbons (Fsp3) is 0.250. The Morgan fingerprint density at radius 1 is 1.43 bits per heavy atom. The van der Waals surface area contributed by atoms with E-state index in [2.05, 4.69) is 22.1 Å². The average molecular weight is 313 g/mol. The lowest BCUT2D eigenvalue weighted by Gasteiger charge is -2.17. The summed E-state index contributed by atoms with van der Waals surface area (Å²) in [6.07, 6.45) is 2.82. The van der Waals surface area contributed by atoms with Gasteiger partial charge in [-0.2, -0.15) is 0 Å². The maximum Gasteiger partial charge on any atom is 0.254 e. The smallest absolute Gasteiger partial charge is 0.254 e. The van der Waals surface area contributed by atoms with Crippen LogP contribution < -0.4 is 5.32 Å². The molecule has 0 aliphatic carbocycles. The van der Waals surface area contributed by atoms with Gasteiger partial charge in [0.25, 0.3) is 5.91 Å². The van der Waals surface area contributed by atoms with Crippen molar-refractivity contribution in [3.05, 3.63) is 54.6 Å². The molecule has 0 unspecified atom stereocenters. The molecule has 7 nitrogen and oxygen atoms in total. The van der Waals surface area contributed by atoms with Gasteiger partial charge in [-0.15, -0.1) is 10.2 Å². The molecule has 2 rings (SSSR count). The summed E-state index contributed by atoms with van der Waals surface area (Å²) in [5.41, 5.74) is 1.03. The van der Waals surface area contributed by atoms with Gasteiger partial charge in [0.15, 0.2) is 5.82 Å². The molecule has 120 valence electrons. The Bertz CT molecular complexity index is 723. The van der Waals surface area contributed by atoms with Crippen molar-refractivity contribution in [2.24, 2.45) is 0 Å². The highest BCUT2D eigenvalue weighted by atomic mass is 16.2. The maximum absolute atomic E-state index is 12.5. The normalized spacial score (nSPS) is 10.2. The lowest BCUT2D eigenvalue weighted by atomic mass is 10.1. The van der Waals surface area contributed by atoms with E-state index in [1.807, 2.05) is 11.5 Å². The molecule has 1 aromatic carbocycles. The van der Waals surface area contributed by atoms with E-state index in [1.54, 1.807) is 42.5 Å². The molecule has 0 atom stereocenters. The predicted molar refractivity (Wildman–Crippen MR) is 86.8 cm³/mol. The number of hydrogen-bond donors (Lipinski definition) is 1. The van der Waals surface area contributed by atoms with Crippen molar-refractivity contribution in [3.63, 3.8) is 0 Å². The number of nitrogens with one attached hydrogen (secondary N) is 1. The number of carbonyl (C=O) groups excluding carboxylic acids is 2. The summed E-state index contributed by atoms with van der Waals surface area (Å²) >= 11 is 0. The van der Waals surface area contributed by atoms with Gasteiger partial charge in [-0.3, -0.25) is 9.59 Å². The Morgan fingerprint density at radius 2 is 2.22 bits per heavy atom. The van der Waals surface area contributed by atoms with Crippen molar-refractivity contribution in [2.75, 3.05) is 12.4 Å². The monoisotopic (exact) mass is 313 g/mol. The Morgan fingerprint density at radius 3 is 2.91 bits per heavy atom. The van der Waals surface area contributed by atoms with Crippen molar-refractivity contribution in [3.8, 4) is 0 Å². The van der Waals surface area contributed by atoms with Gasteiger partial charge < -0.3 is 14.8 Å². The molecule has 7 heteroatoms. The molecule has 0 radical (unpaired) electrons. The molecule has 0 aliphatic heterocycles. The zero-order valence-corrected chi connectivity index (χ0v) is 13.2. The maximum atomic E-state index is 12.5. The molecule has 0 spiro atoms. The fourth-order valence-corrected chi connectivity index (χ4v) is 2.09. The van der Waals surface area contributed by atoms with Crippen molar-refractivity contribution >= 4 is 17.5 Å². The van der Waals surface area contributed by atoms with E-state index in [4.69, 9.17) is 0 Å². The summed E-state index contributed by atoms with van der Waals surface area (Å²) in [5.74, 6) is 0.240. The minimum absolute atomic E-state index is 0.162. The first kappa shape index (κ1) is 16.4. The first-order valence-electron chi connectivity index (χ1n) is 7.20. The van der Waals surface area contributed by atoms with Crippen molar-refractivity contribution in [2.45, 2.75) is 20.0 Å². The van der Waals surface area contributed by atoms with Crippen LogP contribution in [0.25, 0.3) is 0 Å². The second-order valence-corrected chi connectivity index (χ2v) is 4.97. The van der Waals surface area contributed by atoms with Crippen molar-refractivity contribution in [1.29, 1.82) is 0 Å². The molecule has 0 fully saturated rings. The predicted octanol–water partition coefficient (Wildman–Crippen LogP) is 1.69. The van der Waals surface area contributed by atoms with Crippen LogP contribution in [-0.2, 0) is 17.9 Å². The molecule has 1 aromatic heterocycles. The Hall–Kier alpha value is -2.96. The van der Waals surface area contributed by atoms with Crippen molar-refractivity contribution in [1.82, 2.24) is 19.7 Å². The third kappa shape index (κ3) is 4.03. The summed E-state index contributed by atoms with van der Waals surface area (Å²) in [6.45, 7) is 6.49. The van der Waals surface area contributed by atoms with Crippen LogP contribution in [0.15, 0.2) is 43.2 Å². The number of carbonyl (C=O) groups is 2. The van der Waals surface area contributed by atoms with Crippen LogP contribution in [0.2, 0.25) is 0 Å². The average Bonchev–Trinajstić information content (AvgIpc) is 3.01. The van der Waals surface area contributed by atoms with Crippen LogP contribution in [0.4, 0.5) is 5.69 Å². The number of aryl methyl sites for hydroxylation is 1. The van der Waals surface area contributed by atoms with Gasteiger partial charge >= 0.3 is 0 Å². The summed E-state index contributed by atoms with van der Waals surface area (Å²) < 4.78 is 1.88. The standard InChI is InChI=1S/C16H19N5O2/c1-4-15(22)18-13-8-6-7-12(9-13)16(23)20(3)10-14-19-17-11-21(14)5-2/h4,6-9,11H,1,5,10H2,2-3H3,(H,18,22). The van der Waals surface area contributed by atoms with E-state index in [9.17, 15) is 9.59 Å². The Balaban J connectivity index is 2.11. The van der Waals surface area contributed by atoms with Crippen molar-refractivity contribution < 1.29 is 9.59 Å². The van der Waals surface area contributed by atoms with E-state index >= 15 is 0 Å². The number of nitrogens with zero attached hydrogens (tertiary/aromatic N) is 4. The van der Waals surface area contributed by atoms with Gasteiger partial charge in [0.2, 0.25) is 5.91 Å². The van der Waals surface area contributed by atoms with Crippen LogP contribution in [0.1, 0.15) is 23.1 Å². The van der Waals surface area contributed by atoms with Crippen LogP contribution >= 0.6 is 0 Å². The largest absolute Gasteiger partial charge is 0.334 e. The lowest BCUT2D eigenvalue weighted by molar-refractivity contribution is -0.111. The minimum Gasteiger partial charge on any atom is -0.334 e. The quantitative estimate of drug-likeness (QED) is 0.823. The van der Waals surface area contributed by atoms with Gasteiger partial charge in [-0.25, -0.2) is 0 Å². The van der Waals surface area contributed by atoms with E-state index in [-0.39, 0.29) is 11.8 Å². The van der Waals surface area contributed by atoms with E-state index in [0.717, 1.165) is 12.4 Å². The molecule has 2 amide bonds. The molecule has 0 saturated heterocycles. The Labute approximate surface area is 134 Å². The number of aromatic nitrogens is 3. The van der Waals surface area contributed by atoms with Gasteiger partial charge in [0.05, 0.1) is 6.54 Å². The summed E-state index contributed by atoms with van der Waals surface area (Å²) in [7, 11) is 1.70. The second-order valence-electron chi connectivity index (χ2n) is 4.97. The molecular weight excluding hydrogens is 294 g/mol. The SMILES string of the molecule is C=CC(=O)Nc1cccc(C(=O)N(C)Cc2nncn2CC)c1. The number of hydrogen-bond acceptors (Lipinski definition) is 4. The number of benzene rings is 1. The number of anilines is 1. The highest BCUT2D eigenvalue weighted by Gasteiger charge is 2.15. The minimum atomic E-state index is -0.320. The van der Waals surface area contributed by atoms with E-state index in [0.29, 0.717) is 17.8 Å². The molecule has 0 saturated carbocycles. The molecule has 23 heavy (non-hydrogen) atoms.